The minimum atomic E-state index is -0.152. The van der Waals surface area contributed by atoms with Crippen molar-refractivity contribution < 1.29 is 45.8 Å². The Bertz CT molecular complexity index is 1510. The summed E-state index contributed by atoms with van der Waals surface area (Å²) in [7, 11) is 1.68. The number of quaternary nitrogens is 1. The highest BCUT2D eigenvalue weighted by molar-refractivity contribution is 6.31. The lowest BCUT2D eigenvalue weighted by molar-refractivity contribution is -0.936. The van der Waals surface area contributed by atoms with Crippen molar-refractivity contribution in [2.45, 2.75) is 44.9 Å². The summed E-state index contributed by atoms with van der Waals surface area (Å²) in [6.45, 7) is 5.88. The molecule has 2 unspecified atom stereocenters. The number of aryl methyl sites for hydroxylation is 2. The maximum Gasteiger partial charge on any atom is 0.251 e. The number of ether oxygens (including phenoxy) is 3. The van der Waals surface area contributed by atoms with Crippen LogP contribution >= 0.6 is 11.6 Å². The number of carbonyl (C=O) groups excluding carboxylic acids is 2. The molecule has 3 aromatic rings. The number of halogens is 2. The average molecular weight is 748 g/mol. The van der Waals surface area contributed by atoms with E-state index >= 15 is 0 Å². The number of nitrogens with two attached hydrogens (primary N) is 2. The van der Waals surface area contributed by atoms with E-state index in [0.717, 1.165) is 74.9 Å². The molecular weight excluding hydrogens is 695 g/mol. The zero-order valence-electron chi connectivity index (χ0n) is 29.5. The summed E-state index contributed by atoms with van der Waals surface area (Å²) < 4.78 is 16.9. The maximum atomic E-state index is 13.3. The summed E-state index contributed by atoms with van der Waals surface area (Å²) in [6, 6.07) is 16.0. The molecule has 0 bridgehead atoms. The number of hydrogen-bond acceptors (Lipinski definition) is 10. The van der Waals surface area contributed by atoms with Gasteiger partial charge < -0.3 is 53.0 Å². The van der Waals surface area contributed by atoms with E-state index in [2.05, 4.69) is 27.4 Å². The highest BCUT2D eigenvalue weighted by Gasteiger charge is 2.36. The van der Waals surface area contributed by atoms with E-state index in [1.54, 1.807) is 7.11 Å². The Hall–Kier alpha value is -3.52. The number of anilines is 2. The molecule has 1 amide bonds. The Balaban J connectivity index is 0.00000702. The van der Waals surface area contributed by atoms with Crippen LogP contribution in [0.1, 0.15) is 64.1 Å². The van der Waals surface area contributed by atoms with Crippen molar-refractivity contribution in [3.63, 3.8) is 0 Å². The van der Waals surface area contributed by atoms with Crippen molar-refractivity contribution in [3.8, 4) is 5.75 Å². The predicted molar refractivity (Wildman–Crippen MR) is 194 cm³/mol. The fourth-order valence-electron chi connectivity index (χ4n) is 6.71. The Kier molecular flexibility index (Phi) is 17.9. The van der Waals surface area contributed by atoms with Crippen LogP contribution in [0.5, 0.6) is 5.75 Å². The minimum absolute atomic E-state index is 0. The number of benzene rings is 2. The maximum absolute atomic E-state index is 13.3. The van der Waals surface area contributed by atoms with Crippen LogP contribution < -0.4 is 33.9 Å². The van der Waals surface area contributed by atoms with Gasteiger partial charge in [-0.1, -0.05) is 35.9 Å². The minimum Gasteiger partial charge on any atom is -1.00 e. The number of nitrogens with one attached hydrogen (secondary N) is 1. The average Bonchev–Trinajstić information content (AvgIpc) is 3.11. The molecule has 12 nitrogen and oxygen atoms in total. The molecule has 280 valence electrons. The van der Waals surface area contributed by atoms with Crippen molar-refractivity contribution in [3.05, 3.63) is 76.1 Å². The van der Waals surface area contributed by atoms with Gasteiger partial charge in [-0.15, -0.1) is 0 Å². The summed E-state index contributed by atoms with van der Waals surface area (Å²) >= 11 is 6.07. The molecule has 1 aliphatic rings. The van der Waals surface area contributed by atoms with Crippen molar-refractivity contribution in [1.82, 2.24) is 15.3 Å². The number of Topliss-reactive ketones (excluding diaryl/α,β-unsaturated/α-hetero) is 1. The molecule has 0 radical (unpaired) electrons. The molecule has 1 aliphatic heterocycles. The van der Waals surface area contributed by atoms with Gasteiger partial charge in [0, 0.05) is 37.3 Å². The van der Waals surface area contributed by atoms with Gasteiger partial charge >= 0.3 is 0 Å². The number of nitrogen functional groups attached to an aromatic ring is 2. The van der Waals surface area contributed by atoms with Gasteiger partial charge in [0.15, 0.2) is 22.6 Å². The molecule has 1 saturated heterocycles. The Morgan fingerprint density at radius 3 is 2.18 bits per heavy atom. The normalized spacial score (nSPS) is 17.0. The highest BCUT2D eigenvalue weighted by atomic mass is 35.5. The standard InChI is InChI=1S/C37H51ClN6O6.ClH/c1-48-31-14-10-28(11-15-31)6-3-18-44(19-4-7-29(26-44)25-32(46)33-35(39)43-36(40)34(38)42-33)17-2-5-27-8-12-30(13-9-27)37(47)41-16-21-49-23-24-50-22-20-45;/h8-15,29,45H,2-7,16-26H2,1H3,(H4-,39,40,41,43,46,47);1H. The smallest absolute Gasteiger partial charge is 0.251 e. The van der Waals surface area contributed by atoms with E-state index in [9.17, 15) is 9.59 Å². The van der Waals surface area contributed by atoms with Crippen molar-refractivity contribution in [1.29, 1.82) is 0 Å². The Morgan fingerprint density at radius 2 is 1.55 bits per heavy atom. The van der Waals surface area contributed by atoms with Gasteiger partial charge in [0.2, 0.25) is 0 Å². The summed E-state index contributed by atoms with van der Waals surface area (Å²) in [4.78, 5) is 34.1. The number of hydrogen-bond donors (Lipinski definition) is 4. The summed E-state index contributed by atoms with van der Waals surface area (Å²) in [5.74, 6) is 0.786. The molecule has 0 saturated carbocycles. The zero-order chi connectivity index (χ0) is 35.8. The van der Waals surface area contributed by atoms with Crippen molar-refractivity contribution in [2.75, 3.05) is 84.3 Å². The third-order valence-electron chi connectivity index (χ3n) is 9.24. The summed E-state index contributed by atoms with van der Waals surface area (Å²) in [5, 5.41) is 11.6. The summed E-state index contributed by atoms with van der Waals surface area (Å²) in [6.07, 6.45) is 6.23. The molecule has 6 N–H and O–H groups in total. The van der Waals surface area contributed by atoms with Gasteiger partial charge in [0.05, 0.1) is 66.3 Å². The fourth-order valence-corrected chi connectivity index (χ4v) is 6.84. The molecule has 2 heterocycles. The molecule has 0 spiro atoms. The van der Waals surface area contributed by atoms with E-state index in [0.29, 0.717) is 45.0 Å². The lowest BCUT2D eigenvalue weighted by Gasteiger charge is -2.45. The Morgan fingerprint density at radius 1 is 0.922 bits per heavy atom. The lowest BCUT2D eigenvalue weighted by Crippen LogP contribution is -3.00. The third-order valence-corrected chi connectivity index (χ3v) is 9.52. The third kappa shape index (κ3) is 13.5. The van der Waals surface area contributed by atoms with Crippen LogP contribution in [-0.4, -0.2) is 104 Å². The quantitative estimate of drug-likeness (QED) is 0.0704. The van der Waals surface area contributed by atoms with E-state index in [4.69, 9.17) is 42.4 Å². The van der Waals surface area contributed by atoms with Crippen LogP contribution in [0, 0.1) is 5.92 Å². The van der Waals surface area contributed by atoms with Crippen LogP contribution in [0.4, 0.5) is 11.6 Å². The largest absolute Gasteiger partial charge is 1.00 e. The second-order valence-electron chi connectivity index (χ2n) is 12.9. The van der Waals surface area contributed by atoms with Crippen LogP contribution in [0.25, 0.3) is 0 Å². The first kappa shape index (κ1) is 41.9. The molecule has 0 aliphatic carbocycles. The van der Waals surface area contributed by atoms with Gasteiger partial charge in [-0.2, -0.15) is 0 Å². The second-order valence-corrected chi connectivity index (χ2v) is 13.3. The predicted octanol–water partition coefficient (Wildman–Crippen LogP) is 1.13. The number of carbonyl (C=O) groups is 2. The van der Waals surface area contributed by atoms with E-state index < -0.39 is 0 Å². The molecule has 2 atom stereocenters. The van der Waals surface area contributed by atoms with Gasteiger partial charge in [-0.3, -0.25) is 9.59 Å². The number of aliphatic hydroxyl groups is 1. The Labute approximate surface area is 312 Å². The van der Waals surface area contributed by atoms with Gasteiger partial charge in [0.1, 0.15) is 11.4 Å². The molecule has 4 rings (SSSR count). The van der Waals surface area contributed by atoms with Gasteiger partial charge in [-0.25, -0.2) is 9.97 Å². The molecule has 51 heavy (non-hydrogen) atoms. The van der Waals surface area contributed by atoms with Crippen LogP contribution in [0.15, 0.2) is 48.5 Å². The van der Waals surface area contributed by atoms with Crippen molar-refractivity contribution >= 4 is 34.9 Å². The number of aliphatic hydroxyl groups excluding tert-OH is 1. The first-order valence-corrected chi connectivity index (χ1v) is 17.8. The van der Waals surface area contributed by atoms with Gasteiger partial charge in [-0.05, 0) is 61.1 Å². The number of piperidine rings is 1. The van der Waals surface area contributed by atoms with Crippen LogP contribution in [0.3, 0.4) is 0 Å². The zero-order valence-corrected chi connectivity index (χ0v) is 31.0. The monoisotopic (exact) mass is 746 g/mol. The van der Waals surface area contributed by atoms with Crippen LogP contribution in [-0.2, 0) is 22.3 Å². The SMILES string of the molecule is COc1ccc(CCC[N+]2(CCCc3ccc(C(=O)NCCOCCOCCO)cc3)CCCC(CC(=O)c3nc(Cl)c(N)nc3N)C2)cc1.[Cl-]. The van der Waals surface area contributed by atoms with E-state index in [1.807, 2.05) is 36.4 Å². The number of amides is 1. The number of ketones is 1. The number of methoxy groups -OCH3 is 1. The topological polar surface area (TPSA) is 172 Å². The number of rotatable bonds is 21. The van der Waals surface area contributed by atoms with Crippen LogP contribution in [0.2, 0.25) is 5.15 Å². The van der Waals surface area contributed by atoms with Crippen molar-refractivity contribution in [2.24, 2.45) is 5.92 Å². The van der Waals surface area contributed by atoms with Gasteiger partial charge in [0.25, 0.3) is 5.91 Å². The number of aromatic nitrogens is 2. The number of likely N-dealkylation sites (tertiary alicyclic amines) is 1. The van der Waals surface area contributed by atoms with E-state index in [1.165, 1.54) is 11.1 Å². The highest BCUT2D eigenvalue weighted by Crippen LogP contribution is 2.30. The van der Waals surface area contributed by atoms with E-state index in [-0.39, 0.29) is 59.1 Å². The lowest BCUT2D eigenvalue weighted by atomic mass is 9.89. The second kappa shape index (κ2) is 21.8. The molecule has 1 fully saturated rings. The molecule has 2 aromatic carbocycles. The first-order valence-electron chi connectivity index (χ1n) is 17.4. The fraction of sp³-hybridized carbons (Fsp3) is 0.514. The number of nitrogens with zero attached hydrogens (tertiary/aromatic N) is 3. The first-order chi connectivity index (χ1) is 24.2. The molecular formula is C37H52Cl2N6O6. The molecule has 14 heteroatoms. The molecule has 1 aromatic heterocycles. The summed E-state index contributed by atoms with van der Waals surface area (Å²) in [5.41, 5.74) is 14.9.